The average molecular weight is 618 g/mol. The Morgan fingerprint density at radius 1 is 0.521 bits per heavy atom. The number of rotatable bonds is 5. The quantitative estimate of drug-likeness (QED) is 0.188. The molecule has 1 aromatic heterocycles. The molecule has 0 fully saturated rings. The molecule has 0 aliphatic carbocycles. The van der Waals surface area contributed by atoms with Crippen LogP contribution >= 0.6 is 0 Å². The predicted molar refractivity (Wildman–Crippen MR) is 205 cm³/mol. The standard InChI is InChI=1S/C45H35N3/c1-45(2)39-14-8-9-15-43(39)48(36-22-20-32-10-6-7-11-33(32)28-36)44-25-19-30(26-40(44)45)16-17-31-18-23-37-38-24-21-35(29-42(38)47-41(37)27-31)46-34-12-4-3-5-13-34/h3-29,46-47H,1-2H3/b17-16+. The summed E-state index contributed by atoms with van der Waals surface area (Å²) in [6, 6.07) is 54.6. The lowest BCUT2D eigenvalue weighted by atomic mass is 9.73. The van der Waals surface area contributed by atoms with Crippen LogP contribution in [-0.4, -0.2) is 4.98 Å². The van der Waals surface area contributed by atoms with Gasteiger partial charge >= 0.3 is 0 Å². The Bertz CT molecular complexity index is 2520. The Hall–Kier alpha value is -6.06. The third kappa shape index (κ3) is 4.75. The first-order valence-electron chi connectivity index (χ1n) is 16.6. The van der Waals surface area contributed by atoms with E-state index in [1.54, 1.807) is 0 Å². The molecule has 230 valence electrons. The van der Waals surface area contributed by atoms with E-state index in [-0.39, 0.29) is 5.41 Å². The molecule has 7 aromatic carbocycles. The van der Waals surface area contributed by atoms with Crippen molar-refractivity contribution < 1.29 is 0 Å². The zero-order chi connectivity index (χ0) is 32.2. The van der Waals surface area contributed by atoms with Gasteiger partial charge in [-0.05, 0) is 93.7 Å². The Kier molecular flexibility index (Phi) is 6.48. The van der Waals surface area contributed by atoms with Gasteiger partial charge < -0.3 is 15.2 Å². The van der Waals surface area contributed by atoms with Crippen molar-refractivity contribution in [3.63, 3.8) is 0 Å². The van der Waals surface area contributed by atoms with Gasteiger partial charge in [-0.3, -0.25) is 0 Å². The minimum absolute atomic E-state index is 0.152. The Morgan fingerprint density at radius 2 is 1.19 bits per heavy atom. The molecule has 0 radical (unpaired) electrons. The first-order valence-corrected chi connectivity index (χ1v) is 16.6. The highest BCUT2D eigenvalue weighted by atomic mass is 15.2. The number of hydrogen-bond donors (Lipinski definition) is 2. The SMILES string of the molecule is CC1(C)c2ccccc2N(c2ccc3ccccc3c2)c2ccc(/C=C/c3ccc4c(c3)[nH]c3cc(Nc5ccccc5)ccc34)cc21. The van der Waals surface area contributed by atoms with Gasteiger partial charge in [0, 0.05) is 44.3 Å². The van der Waals surface area contributed by atoms with Gasteiger partial charge in [-0.2, -0.15) is 0 Å². The summed E-state index contributed by atoms with van der Waals surface area (Å²) in [6.45, 7) is 4.70. The molecule has 1 aliphatic rings. The Morgan fingerprint density at radius 3 is 2.04 bits per heavy atom. The molecule has 48 heavy (non-hydrogen) atoms. The third-order valence-corrected chi connectivity index (χ3v) is 9.90. The van der Waals surface area contributed by atoms with Crippen LogP contribution in [0.25, 0.3) is 44.7 Å². The summed E-state index contributed by atoms with van der Waals surface area (Å²) < 4.78 is 0. The molecular weight excluding hydrogens is 583 g/mol. The van der Waals surface area contributed by atoms with Crippen molar-refractivity contribution in [1.82, 2.24) is 4.98 Å². The number of aromatic nitrogens is 1. The van der Waals surface area contributed by atoms with Crippen molar-refractivity contribution in [2.24, 2.45) is 0 Å². The number of para-hydroxylation sites is 2. The fraction of sp³-hybridized carbons (Fsp3) is 0.0667. The lowest BCUT2D eigenvalue weighted by molar-refractivity contribution is 0.632. The summed E-state index contributed by atoms with van der Waals surface area (Å²) in [4.78, 5) is 6.09. The van der Waals surface area contributed by atoms with Crippen molar-refractivity contribution >= 4 is 73.2 Å². The van der Waals surface area contributed by atoms with E-state index in [0.29, 0.717) is 0 Å². The van der Waals surface area contributed by atoms with Crippen molar-refractivity contribution in [3.05, 3.63) is 174 Å². The number of nitrogens with zero attached hydrogens (tertiary/aromatic N) is 1. The number of anilines is 5. The molecule has 0 bridgehead atoms. The van der Waals surface area contributed by atoms with E-state index in [4.69, 9.17) is 0 Å². The van der Waals surface area contributed by atoms with E-state index in [1.807, 2.05) is 18.2 Å². The van der Waals surface area contributed by atoms with Gasteiger partial charge in [-0.25, -0.2) is 0 Å². The fourth-order valence-electron chi connectivity index (χ4n) is 7.41. The predicted octanol–water partition coefficient (Wildman–Crippen LogP) is 12.5. The van der Waals surface area contributed by atoms with Crippen LogP contribution in [0.2, 0.25) is 0 Å². The molecule has 0 saturated carbocycles. The molecule has 9 rings (SSSR count). The molecule has 3 heteroatoms. The molecular formula is C45H35N3. The second kappa shape index (κ2) is 11.0. The molecule has 3 nitrogen and oxygen atoms in total. The zero-order valence-corrected chi connectivity index (χ0v) is 27.0. The van der Waals surface area contributed by atoms with E-state index >= 15 is 0 Å². The van der Waals surface area contributed by atoms with Gasteiger partial charge in [0.15, 0.2) is 0 Å². The number of aromatic amines is 1. The van der Waals surface area contributed by atoms with Crippen LogP contribution in [0.15, 0.2) is 152 Å². The van der Waals surface area contributed by atoms with Crippen LogP contribution in [0, 0.1) is 0 Å². The molecule has 2 heterocycles. The van der Waals surface area contributed by atoms with Crippen LogP contribution in [0.4, 0.5) is 28.4 Å². The molecule has 1 aliphatic heterocycles. The average Bonchev–Trinajstić information content (AvgIpc) is 3.48. The summed E-state index contributed by atoms with van der Waals surface area (Å²) in [7, 11) is 0. The first-order chi connectivity index (χ1) is 23.5. The zero-order valence-electron chi connectivity index (χ0n) is 27.0. The number of hydrogen-bond acceptors (Lipinski definition) is 2. The van der Waals surface area contributed by atoms with Crippen molar-refractivity contribution in [3.8, 4) is 0 Å². The second-order valence-electron chi connectivity index (χ2n) is 13.3. The van der Waals surface area contributed by atoms with Crippen LogP contribution in [0.1, 0.15) is 36.1 Å². The molecule has 0 saturated heterocycles. The number of H-pyrrole nitrogens is 1. The Balaban J connectivity index is 1.06. The summed E-state index contributed by atoms with van der Waals surface area (Å²) in [5.41, 5.74) is 12.9. The highest BCUT2D eigenvalue weighted by Crippen LogP contribution is 2.52. The van der Waals surface area contributed by atoms with E-state index < -0.39 is 0 Å². The summed E-state index contributed by atoms with van der Waals surface area (Å²) >= 11 is 0. The molecule has 0 spiro atoms. The largest absolute Gasteiger partial charge is 0.355 e. The van der Waals surface area contributed by atoms with E-state index in [2.05, 4.69) is 175 Å². The third-order valence-electron chi connectivity index (χ3n) is 9.90. The van der Waals surface area contributed by atoms with Crippen molar-refractivity contribution in [2.75, 3.05) is 10.2 Å². The summed E-state index contributed by atoms with van der Waals surface area (Å²) in [5.74, 6) is 0. The number of fused-ring (bicyclic) bond motifs is 6. The van der Waals surface area contributed by atoms with Gasteiger partial charge in [0.05, 0.1) is 11.4 Å². The minimum Gasteiger partial charge on any atom is -0.355 e. The number of benzene rings is 7. The maximum atomic E-state index is 3.66. The molecule has 0 unspecified atom stereocenters. The minimum atomic E-state index is -0.152. The molecule has 0 amide bonds. The van der Waals surface area contributed by atoms with E-state index in [1.165, 1.54) is 55.3 Å². The lowest BCUT2D eigenvalue weighted by Gasteiger charge is -2.42. The van der Waals surface area contributed by atoms with Gasteiger partial charge in [0.25, 0.3) is 0 Å². The highest BCUT2D eigenvalue weighted by molar-refractivity contribution is 6.08. The van der Waals surface area contributed by atoms with Crippen LogP contribution in [-0.2, 0) is 5.41 Å². The molecule has 2 N–H and O–H groups in total. The van der Waals surface area contributed by atoms with Gasteiger partial charge in [-0.1, -0.05) is 117 Å². The smallest absolute Gasteiger partial charge is 0.0503 e. The topological polar surface area (TPSA) is 31.1 Å². The monoisotopic (exact) mass is 617 g/mol. The molecule has 8 aromatic rings. The summed E-state index contributed by atoms with van der Waals surface area (Å²) in [5, 5.41) is 8.47. The fourth-order valence-corrected chi connectivity index (χ4v) is 7.41. The molecule has 0 atom stereocenters. The highest BCUT2D eigenvalue weighted by Gasteiger charge is 2.36. The van der Waals surface area contributed by atoms with E-state index in [9.17, 15) is 0 Å². The van der Waals surface area contributed by atoms with Gasteiger partial charge in [0.1, 0.15) is 0 Å². The lowest BCUT2D eigenvalue weighted by Crippen LogP contribution is -2.30. The number of nitrogens with one attached hydrogen (secondary N) is 2. The van der Waals surface area contributed by atoms with Crippen LogP contribution < -0.4 is 10.2 Å². The van der Waals surface area contributed by atoms with Crippen LogP contribution in [0.5, 0.6) is 0 Å². The van der Waals surface area contributed by atoms with Crippen molar-refractivity contribution in [1.29, 1.82) is 0 Å². The normalized spacial score (nSPS) is 13.7. The second-order valence-corrected chi connectivity index (χ2v) is 13.3. The Labute approximate surface area is 280 Å². The maximum absolute atomic E-state index is 3.66. The first kappa shape index (κ1) is 28.2. The maximum Gasteiger partial charge on any atom is 0.0503 e. The van der Waals surface area contributed by atoms with Gasteiger partial charge in [-0.15, -0.1) is 0 Å². The van der Waals surface area contributed by atoms with Crippen LogP contribution in [0.3, 0.4) is 0 Å². The van der Waals surface area contributed by atoms with Gasteiger partial charge in [0.2, 0.25) is 0 Å². The van der Waals surface area contributed by atoms with Crippen molar-refractivity contribution in [2.45, 2.75) is 19.3 Å². The summed E-state index contributed by atoms with van der Waals surface area (Å²) in [6.07, 6.45) is 4.46. The van der Waals surface area contributed by atoms with E-state index in [0.717, 1.165) is 28.0 Å².